The highest BCUT2D eigenvalue weighted by Gasteiger charge is 2.33. The Labute approximate surface area is 119 Å². The number of carbonyl (C=O) groups is 2. The molecule has 7 heteroatoms. The van der Waals surface area contributed by atoms with Gasteiger partial charge in [-0.05, 0) is 31.4 Å². The third-order valence-electron chi connectivity index (χ3n) is 3.59. The highest BCUT2D eigenvalue weighted by atomic mass is 16.4. The minimum Gasteiger partial charge on any atom is -0.480 e. The van der Waals surface area contributed by atoms with E-state index in [9.17, 15) is 19.8 Å². The molecule has 0 spiro atoms. The van der Waals surface area contributed by atoms with Crippen LogP contribution in [0.15, 0.2) is 24.4 Å². The van der Waals surface area contributed by atoms with Crippen molar-refractivity contribution in [3.05, 3.63) is 35.8 Å². The summed E-state index contributed by atoms with van der Waals surface area (Å²) in [6.07, 6.45) is 3.16. The van der Waals surface area contributed by atoms with Gasteiger partial charge >= 0.3 is 11.9 Å². The molecule has 2 aromatic heterocycles. The maximum atomic E-state index is 11.5. The zero-order valence-corrected chi connectivity index (χ0v) is 11.1. The predicted molar refractivity (Wildman–Crippen MR) is 72.0 cm³/mol. The first-order valence-corrected chi connectivity index (χ1v) is 6.58. The summed E-state index contributed by atoms with van der Waals surface area (Å²) in [4.78, 5) is 31.1. The van der Waals surface area contributed by atoms with Crippen LogP contribution in [0.25, 0.3) is 11.5 Å². The molecule has 0 bridgehead atoms. The second-order valence-corrected chi connectivity index (χ2v) is 4.87. The summed E-state index contributed by atoms with van der Waals surface area (Å²) >= 11 is 0. The lowest BCUT2D eigenvalue weighted by molar-refractivity contribution is -0.141. The van der Waals surface area contributed by atoms with E-state index in [0.29, 0.717) is 36.5 Å². The number of aliphatic carboxylic acids is 1. The van der Waals surface area contributed by atoms with Crippen LogP contribution in [-0.2, 0) is 11.2 Å². The average Bonchev–Trinajstić information content (AvgIpc) is 2.87. The third-order valence-corrected chi connectivity index (χ3v) is 3.59. The largest absolute Gasteiger partial charge is 0.480 e. The second kappa shape index (κ2) is 5.01. The Hall–Kier alpha value is -2.70. The standard InChI is InChI=1S/C14H13N3O4/c18-13(19)10-6-3-5-9-11(14(20)21)16-12(17(9)10)8-4-1-2-7-15-8/h1-2,4,7,10H,3,5-6H2,(H,18,19)(H,20,21). The number of pyridine rings is 1. The van der Waals surface area contributed by atoms with Gasteiger partial charge in [-0.3, -0.25) is 4.98 Å². The van der Waals surface area contributed by atoms with E-state index < -0.39 is 18.0 Å². The average molecular weight is 287 g/mol. The molecule has 1 aliphatic rings. The summed E-state index contributed by atoms with van der Waals surface area (Å²) < 4.78 is 1.51. The van der Waals surface area contributed by atoms with Gasteiger partial charge in [-0.25, -0.2) is 14.6 Å². The van der Waals surface area contributed by atoms with Crippen molar-refractivity contribution in [3.63, 3.8) is 0 Å². The summed E-state index contributed by atoms with van der Waals surface area (Å²) in [6, 6.07) is 4.38. The monoisotopic (exact) mass is 287 g/mol. The lowest BCUT2D eigenvalue weighted by Gasteiger charge is -2.24. The number of fused-ring (bicyclic) bond motifs is 1. The van der Waals surface area contributed by atoms with Crippen LogP contribution in [-0.4, -0.2) is 36.7 Å². The molecule has 2 aromatic rings. The maximum absolute atomic E-state index is 11.5. The molecule has 1 aliphatic heterocycles. The fourth-order valence-electron chi connectivity index (χ4n) is 2.71. The lowest BCUT2D eigenvalue weighted by atomic mass is 10.0. The molecular weight excluding hydrogens is 274 g/mol. The summed E-state index contributed by atoms with van der Waals surface area (Å²) in [5.41, 5.74) is 0.850. The highest BCUT2D eigenvalue weighted by molar-refractivity contribution is 5.88. The molecule has 108 valence electrons. The van der Waals surface area contributed by atoms with E-state index in [1.165, 1.54) is 4.57 Å². The zero-order chi connectivity index (χ0) is 15.0. The Balaban J connectivity index is 2.25. The second-order valence-electron chi connectivity index (χ2n) is 4.87. The number of carboxylic acid groups (broad SMARTS) is 2. The Morgan fingerprint density at radius 1 is 1.29 bits per heavy atom. The number of aromatic carboxylic acids is 1. The number of rotatable bonds is 3. The van der Waals surface area contributed by atoms with E-state index in [2.05, 4.69) is 9.97 Å². The van der Waals surface area contributed by atoms with Crippen LogP contribution in [0.1, 0.15) is 35.1 Å². The van der Waals surface area contributed by atoms with E-state index in [4.69, 9.17) is 0 Å². The van der Waals surface area contributed by atoms with Crippen LogP contribution in [0.5, 0.6) is 0 Å². The molecule has 0 amide bonds. The zero-order valence-electron chi connectivity index (χ0n) is 11.1. The molecule has 0 aliphatic carbocycles. The number of aromatic nitrogens is 3. The first-order valence-electron chi connectivity index (χ1n) is 6.58. The maximum Gasteiger partial charge on any atom is 0.356 e. The normalized spacial score (nSPS) is 17.2. The van der Waals surface area contributed by atoms with Crippen molar-refractivity contribution in [1.29, 1.82) is 0 Å². The molecule has 7 nitrogen and oxygen atoms in total. The number of nitrogens with zero attached hydrogens (tertiary/aromatic N) is 3. The molecule has 0 aromatic carbocycles. The summed E-state index contributed by atoms with van der Waals surface area (Å²) in [6.45, 7) is 0. The van der Waals surface area contributed by atoms with Gasteiger partial charge in [0.2, 0.25) is 0 Å². The quantitative estimate of drug-likeness (QED) is 0.888. The van der Waals surface area contributed by atoms with E-state index in [0.717, 1.165) is 0 Å². The molecule has 0 saturated carbocycles. The smallest absolute Gasteiger partial charge is 0.356 e. The molecule has 3 heterocycles. The van der Waals surface area contributed by atoms with E-state index in [-0.39, 0.29) is 5.69 Å². The van der Waals surface area contributed by atoms with Crippen molar-refractivity contribution in [1.82, 2.24) is 14.5 Å². The lowest BCUT2D eigenvalue weighted by Crippen LogP contribution is -2.26. The predicted octanol–water partition coefficient (Wildman–Crippen LogP) is 1.61. The molecular formula is C14H13N3O4. The Bertz CT molecular complexity index is 709. The van der Waals surface area contributed by atoms with Crippen molar-refractivity contribution in [2.45, 2.75) is 25.3 Å². The van der Waals surface area contributed by atoms with Crippen molar-refractivity contribution >= 4 is 11.9 Å². The Kier molecular flexibility index (Phi) is 3.17. The topological polar surface area (TPSA) is 105 Å². The fourth-order valence-corrected chi connectivity index (χ4v) is 2.71. The van der Waals surface area contributed by atoms with E-state index in [1.54, 1.807) is 24.4 Å². The number of hydrogen-bond donors (Lipinski definition) is 2. The van der Waals surface area contributed by atoms with Crippen molar-refractivity contribution in [2.75, 3.05) is 0 Å². The van der Waals surface area contributed by atoms with Gasteiger partial charge < -0.3 is 14.8 Å². The minimum absolute atomic E-state index is 0.0818. The van der Waals surface area contributed by atoms with Crippen molar-refractivity contribution in [2.24, 2.45) is 0 Å². The van der Waals surface area contributed by atoms with Gasteiger partial charge in [0.05, 0.1) is 5.69 Å². The van der Waals surface area contributed by atoms with Gasteiger partial charge in [0.25, 0.3) is 0 Å². The van der Waals surface area contributed by atoms with Gasteiger partial charge in [0, 0.05) is 6.20 Å². The van der Waals surface area contributed by atoms with Gasteiger partial charge in [-0.1, -0.05) is 6.07 Å². The van der Waals surface area contributed by atoms with Crippen molar-refractivity contribution in [3.8, 4) is 11.5 Å². The molecule has 3 rings (SSSR count). The molecule has 1 atom stereocenters. The van der Waals surface area contributed by atoms with Crippen LogP contribution in [0.3, 0.4) is 0 Å². The van der Waals surface area contributed by atoms with Gasteiger partial charge in [-0.2, -0.15) is 0 Å². The molecule has 0 radical (unpaired) electrons. The molecule has 2 N–H and O–H groups in total. The van der Waals surface area contributed by atoms with Gasteiger partial charge in [-0.15, -0.1) is 0 Å². The van der Waals surface area contributed by atoms with Crippen LogP contribution >= 0.6 is 0 Å². The Morgan fingerprint density at radius 3 is 2.71 bits per heavy atom. The van der Waals surface area contributed by atoms with Crippen LogP contribution in [0.4, 0.5) is 0 Å². The molecule has 0 saturated heterocycles. The molecule has 21 heavy (non-hydrogen) atoms. The number of imidazole rings is 1. The van der Waals surface area contributed by atoms with Crippen LogP contribution in [0, 0.1) is 0 Å². The minimum atomic E-state index is -1.15. The molecule has 1 unspecified atom stereocenters. The number of hydrogen-bond acceptors (Lipinski definition) is 4. The fraction of sp³-hybridized carbons (Fsp3) is 0.286. The summed E-state index contributed by atoms with van der Waals surface area (Å²) in [5, 5.41) is 18.7. The molecule has 0 fully saturated rings. The summed E-state index contributed by atoms with van der Waals surface area (Å²) in [7, 11) is 0. The first-order chi connectivity index (χ1) is 10.1. The van der Waals surface area contributed by atoms with Crippen LogP contribution < -0.4 is 0 Å². The highest BCUT2D eigenvalue weighted by Crippen LogP contribution is 2.33. The van der Waals surface area contributed by atoms with Gasteiger partial charge in [0.1, 0.15) is 11.7 Å². The first kappa shape index (κ1) is 13.3. The van der Waals surface area contributed by atoms with E-state index >= 15 is 0 Å². The van der Waals surface area contributed by atoms with Crippen molar-refractivity contribution < 1.29 is 19.8 Å². The summed E-state index contributed by atoms with van der Waals surface area (Å²) in [5.74, 6) is -1.83. The SMILES string of the molecule is O=C(O)c1nc(-c2ccccn2)n2c1CCCC2C(=O)O. The number of carboxylic acids is 2. The van der Waals surface area contributed by atoms with Crippen LogP contribution in [0.2, 0.25) is 0 Å². The third kappa shape index (κ3) is 2.16. The van der Waals surface area contributed by atoms with E-state index in [1.807, 2.05) is 0 Å². The van der Waals surface area contributed by atoms with Gasteiger partial charge in [0.15, 0.2) is 11.5 Å². The Morgan fingerprint density at radius 2 is 2.10 bits per heavy atom.